The molecule has 162 valence electrons. The molecule has 1 amide bonds. The number of benzene rings is 1. The lowest BCUT2D eigenvalue weighted by molar-refractivity contribution is 0.0699. The topological polar surface area (TPSA) is 80.5 Å². The maximum atomic E-state index is 12.5. The van der Waals surface area contributed by atoms with Gasteiger partial charge >= 0.3 is 0 Å². The minimum atomic E-state index is 0.0123. The molecule has 3 aromatic rings. The van der Waals surface area contributed by atoms with Crippen LogP contribution in [0, 0.1) is 19.8 Å². The van der Waals surface area contributed by atoms with Gasteiger partial charge in [-0.05, 0) is 69.2 Å². The van der Waals surface area contributed by atoms with Crippen LogP contribution < -0.4 is 10.6 Å². The van der Waals surface area contributed by atoms with Gasteiger partial charge in [-0.25, -0.2) is 9.50 Å². The summed E-state index contributed by atoms with van der Waals surface area (Å²) in [4.78, 5) is 17.1. The van der Waals surface area contributed by atoms with Gasteiger partial charge in [0.2, 0.25) is 0 Å². The van der Waals surface area contributed by atoms with Gasteiger partial charge in [0.15, 0.2) is 5.65 Å². The normalized spacial score (nSPS) is 17.1. The predicted molar refractivity (Wildman–Crippen MR) is 120 cm³/mol. The summed E-state index contributed by atoms with van der Waals surface area (Å²) in [5, 5.41) is 11.4. The Morgan fingerprint density at radius 1 is 1.16 bits per heavy atom. The van der Waals surface area contributed by atoms with Crippen LogP contribution in [0.1, 0.15) is 47.3 Å². The number of aromatic nitrogens is 3. The Labute approximate surface area is 182 Å². The fourth-order valence-corrected chi connectivity index (χ4v) is 4.19. The van der Waals surface area contributed by atoms with Crippen molar-refractivity contribution in [3.63, 3.8) is 0 Å². The molecule has 1 saturated carbocycles. The molecular weight excluding hydrogens is 390 g/mol. The van der Waals surface area contributed by atoms with Crippen molar-refractivity contribution in [3.05, 3.63) is 47.3 Å². The van der Waals surface area contributed by atoms with E-state index in [2.05, 4.69) is 21.7 Å². The Kier molecular flexibility index (Phi) is 5.36. The van der Waals surface area contributed by atoms with Crippen molar-refractivity contribution >= 4 is 17.2 Å². The van der Waals surface area contributed by atoms with E-state index in [-0.39, 0.29) is 5.91 Å². The third-order valence-corrected chi connectivity index (χ3v) is 6.19. The zero-order chi connectivity index (χ0) is 21.4. The van der Waals surface area contributed by atoms with Gasteiger partial charge in [-0.3, -0.25) is 4.79 Å². The van der Waals surface area contributed by atoms with Crippen LogP contribution >= 0.6 is 0 Å². The summed E-state index contributed by atoms with van der Waals surface area (Å²) in [5.74, 6) is 0.631. The number of hydrogen-bond acceptors (Lipinski definition) is 5. The zero-order valence-corrected chi connectivity index (χ0v) is 18.1. The van der Waals surface area contributed by atoms with Gasteiger partial charge in [-0.15, -0.1) is 0 Å². The van der Waals surface area contributed by atoms with E-state index in [1.54, 1.807) is 0 Å². The van der Waals surface area contributed by atoms with E-state index in [1.165, 1.54) is 0 Å². The number of fused-ring (bicyclic) bond motifs is 1. The third kappa shape index (κ3) is 4.28. The van der Waals surface area contributed by atoms with Crippen LogP contribution in [0.4, 0.5) is 5.69 Å². The molecule has 1 saturated heterocycles. The van der Waals surface area contributed by atoms with Crippen LogP contribution in [0.3, 0.4) is 0 Å². The van der Waals surface area contributed by atoms with Crippen molar-refractivity contribution in [1.82, 2.24) is 19.9 Å². The van der Waals surface area contributed by atoms with E-state index in [0.29, 0.717) is 12.0 Å². The first kappa shape index (κ1) is 20.0. The maximum Gasteiger partial charge on any atom is 0.251 e. The number of hydrogen-bond donors (Lipinski definition) is 2. The van der Waals surface area contributed by atoms with E-state index in [4.69, 9.17) is 9.84 Å². The molecule has 7 nitrogen and oxygen atoms in total. The van der Waals surface area contributed by atoms with Gasteiger partial charge in [0.05, 0.1) is 23.3 Å². The molecule has 0 bridgehead atoms. The summed E-state index contributed by atoms with van der Waals surface area (Å²) < 4.78 is 7.37. The molecule has 7 heteroatoms. The summed E-state index contributed by atoms with van der Waals surface area (Å²) in [7, 11) is 0. The molecule has 2 aromatic heterocycles. The van der Waals surface area contributed by atoms with E-state index in [0.717, 1.165) is 84.9 Å². The molecule has 0 spiro atoms. The highest BCUT2D eigenvalue weighted by atomic mass is 16.5. The molecule has 2 fully saturated rings. The Morgan fingerprint density at radius 2 is 1.97 bits per heavy atom. The number of carbonyl (C=O) groups is 1. The summed E-state index contributed by atoms with van der Waals surface area (Å²) >= 11 is 0. The second-order valence-corrected chi connectivity index (χ2v) is 8.79. The lowest BCUT2D eigenvalue weighted by Gasteiger charge is -2.22. The van der Waals surface area contributed by atoms with Gasteiger partial charge in [0.1, 0.15) is 0 Å². The number of nitrogens with zero attached hydrogens (tertiary/aromatic N) is 3. The Morgan fingerprint density at radius 3 is 2.71 bits per heavy atom. The second kappa shape index (κ2) is 8.30. The van der Waals surface area contributed by atoms with Gasteiger partial charge < -0.3 is 15.4 Å². The molecule has 3 heterocycles. The molecule has 1 aromatic carbocycles. The summed E-state index contributed by atoms with van der Waals surface area (Å²) in [5.41, 5.74) is 6.36. The van der Waals surface area contributed by atoms with Gasteiger partial charge in [0.25, 0.3) is 5.91 Å². The number of rotatable bonds is 6. The summed E-state index contributed by atoms with van der Waals surface area (Å²) in [6, 6.07) is 8.34. The quantitative estimate of drug-likeness (QED) is 0.636. The summed E-state index contributed by atoms with van der Waals surface area (Å²) in [6.45, 7) is 6.58. The maximum absolute atomic E-state index is 12.5. The number of imidazole rings is 1. The Balaban J connectivity index is 1.41. The Hall–Kier alpha value is -2.93. The van der Waals surface area contributed by atoms with E-state index < -0.39 is 0 Å². The van der Waals surface area contributed by atoms with Crippen molar-refractivity contribution < 1.29 is 9.53 Å². The fourth-order valence-electron chi connectivity index (χ4n) is 4.19. The molecule has 1 aliphatic heterocycles. The number of amides is 1. The van der Waals surface area contributed by atoms with Crippen molar-refractivity contribution in [2.75, 3.05) is 25.1 Å². The molecular formula is C24H29N5O2. The van der Waals surface area contributed by atoms with E-state index >= 15 is 0 Å². The van der Waals surface area contributed by atoms with Crippen molar-refractivity contribution in [3.8, 4) is 11.3 Å². The van der Waals surface area contributed by atoms with Crippen molar-refractivity contribution in [1.29, 1.82) is 0 Å². The van der Waals surface area contributed by atoms with Gasteiger partial charge in [0, 0.05) is 36.9 Å². The molecule has 31 heavy (non-hydrogen) atoms. The van der Waals surface area contributed by atoms with Crippen LogP contribution in [0.15, 0.2) is 30.5 Å². The van der Waals surface area contributed by atoms with Gasteiger partial charge in [-0.1, -0.05) is 6.07 Å². The first-order valence-corrected chi connectivity index (χ1v) is 11.2. The fraction of sp³-hybridized carbons (Fsp3) is 0.458. The zero-order valence-electron chi connectivity index (χ0n) is 18.1. The lowest BCUT2D eigenvalue weighted by atomic mass is 10.0. The van der Waals surface area contributed by atoms with Crippen molar-refractivity contribution in [2.24, 2.45) is 5.92 Å². The predicted octanol–water partition coefficient (Wildman–Crippen LogP) is 3.74. The van der Waals surface area contributed by atoms with E-state index in [1.807, 2.05) is 42.8 Å². The first-order chi connectivity index (χ1) is 15.1. The average Bonchev–Trinajstić information content (AvgIpc) is 3.48. The number of nitrogens with one attached hydrogen (secondary N) is 2. The van der Waals surface area contributed by atoms with Crippen LogP contribution in [0.2, 0.25) is 0 Å². The van der Waals surface area contributed by atoms with Crippen molar-refractivity contribution in [2.45, 2.75) is 45.6 Å². The van der Waals surface area contributed by atoms with Crippen LogP contribution in [-0.2, 0) is 4.74 Å². The largest absolute Gasteiger partial charge is 0.382 e. The average molecular weight is 420 g/mol. The van der Waals surface area contributed by atoms with Crippen LogP contribution in [-0.4, -0.2) is 46.3 Å². The molecule has 0 atom stereocenters. The van der Waals surface area contributed by atoms with E-state index in [9.17, 15) is 4.79 Å². The third-order valence-electron chi connectivity index (χ3n) is 6.19. The highest BCUT2D eigenvalue weighted by molar-refractivity contribution is 5.96. The molecule has 2 N–H and O–H groups in total. The summed E-state index contributed by atoms with van der Waals surface area (Å²) in [6.07, 6.45) is 6.21. The number of anilines is 1. The van der Waals surface area contributed by atoms with Gasteiger partial charge in [-0.2, -0.15) is 5.10 Å². The minimum absolute atomic E-state index is 0.0123. The number of carbonyl (C=O) groups excluding carboxylic acids is 1. The Bertz CT molecular complexity index is 1110. The minimum Gasteiger partial charge on any atom is -0.382 e. The smallest absolute Gasteiger partial charge is 0.251 e. The van der Waals surface area contributed by atoms with Crippen LogP contribution in [0.25, 0.3) is 16.9 Å². The first-order valence-electron chi connectivity index (χ1n) is 11.2. The SMILES string of the molecule is Cc1cc(NCC2CCOCC2)c2ncc(-c3ccc(C(=O)NC4CC4)c(C)c3)n2n1. The highest BCUT2D eigenvalue weighted by Crippen LogP contribution is 2.27. The monoisotopic (exact) mass is 419 g/mol. The van der Waals surface area contributed by atoms with Crippen LogP contribution in [0.5, 0.6) is 0 Å². The number of aryl methyl sites for hydroxylation is 2. The molecule has 5 rings (SSSR count). The molecule has 2 aliphatic rings. The lowest BCUT2D eigenvalue weighted by Crippen LogP contribution is -2.26. The molecule has 0 unspecified atom stereocenters. The highest BCUT2D eigenvalue weighted by Gasteiger charge is 2.24. The second-order valence-electron chi connectivity index (χ2n) is 8.79. The standard InChI is InChI=1S/C24H29N5O2/c1-15-11-18(3-6-20(15)24(30)27-19-4-5-19)22-14-26-23-21(12-16(2)28-29(22)23)25-13-17-7-9-31-10-8-17/h3,6,11-12,14,17,19,25H,4-5,7-10,13H2,1-2H3,(H,27,30). The molecule has 1 aliphatic carbocycles. The number of ether oxygens (including phenoxy) is 1. The molecule has 0 radical (unpaired) electrons.